The lowest BCUT2D eigenvalue weighted by atomic mass is 10.1. The van der Waals surface area contributed by atoms with E-state index in [-0.39, 0.29) is 10.7 Å². The molecule has 5 heteroatoms. The van der Waals surface area contributed by atoms with Gasteiger partial charge in [-0.3, -0.25) is 9.36 Å². The van der Waals surface area contributed by atoms with E-state index in [9.17, 15) is 4.79 Å². The fourth-order valence-corrected chi connectivity index (χ4v) is 2.27. The molecule has 0 amide bonds. The van der Waals surface area contributed by atoms with Gasteiger partial charge in [0.05, 0.1) is 18.2 Å². The van der Waals surface area contributed by atoms with Crippen molar-refractivity contribution in [2.75, 3.05) is 0 Å². The van der Waals surface area contributed by atoms with Gasteiger partial charge in [0.25, 0.3) is 5.56 Å². The number of rotatable bonds is 3. The molecule has 1 heterocycles. The molecule has 0 atom stereocenters. The predicted octanol–water partition coefficient (Wildman–Crippen LogP) is 2.69. The van der Waals surface area contributed by atoms with E-state index in [4.69, 9.17) is 16.9 Å². The Labute approximate surface area is 122 Å². The summed E-state index contributed by atoms with van der Waals surface area (Å²) in [6.07, 6.45) is 0.630. The number of nitriles is 1. The Morgan fingerprint density at radius 2 is 2.15 bits per heavy atom. The summed E-state index contributed by atoms with van der Waals surface area (Å²) in [6, 6.07) is 8.86. The third kappa shape index (κ3) is 2.89. The Balaban J connectivity index is 2.45. The van der Waals surface area contributed by atoms with Gasteiger partial charge in [0, 0.05) is 12.5 Å². The van der Waals surface area contributed by atoms with Crippen molar-refractivity contribution in [1.29, 1.82) is 5.26 Å². The summed E-state index contributed by atoms with van der Waals surface area (Å²) in [6.45, 7) is 4.29. The molecule has 0 spiro atoms. The molecule has 0 aliphatic rings. The van der Waals surface area contributed by atoms with Crippen molar-refractivity contribution >= 4 is 11.6 Å². The van der Waals surface area contributed by atoms with Crippen molar-refractivity contribution in [2.45, 2.75) is 26.8 Å². The second-order valence-electron chi connectivity index (χ2n) is 4.53. The van der Waals surface area contributed by atoms with Crippen LogP contribution in [-0.2, 0) is 13.0 Å². The maximum atomic E-state index is 12.0. The van der Waals surface area contributed by atoms with Crippen LogP contribution in [0.1, 0.15) is 29.4 Å². The lowest BCUT2D eigenvalue weighted by molar-refractivity contribution is 0.672. The molecule has 0 saturated carbocycles. The molecular formula is C15H14ClN3O. The van der Waals surface area contributed by atoms with E-state index >= 15 is 0 Å². The largest absolute Gasteiger partial charge is 0.292 e. The van der Waals surface area contributed by atoms with Gasteiger partial charge in [-0.15, -0.1) is 0 Å². The number of aromatic nitrogens is 2. The Hall–Kier alpha value is -2.12. The van der Waals surface area contributed by atoms with Crippen LogP contribution in [0.5, 0.6) is 0 Å². The summed E-state index contributed by atoms with van der Waals surface area (Å²) < 4.78 is 1.61. The highest BCUT2D eigenvalue weighted by Crippen LogP contribution is 2.13. The molecule has 0 aliphatic carbocycles. The van der Waals surface area contributed by atoms with E-state index < -0.39 is 0 Å². The maximum Gasteiger partial charge on any atom is 0.255 e. The van der Waals surface area contributed by atoms with Crippen molar-refractivity contribution in [3.8, 4) is 6.07 Å². The second kappa shape index (κ2) is 5.89. The van der Waals surface area contributed by atoms with Crippen molar-refractivity contribution < 1.29 is 0 Å². The van der Waals surface area contributed by atoms with E-state index in [1.165, 1.54) is 6.07 Å². The molecule has 0 unspecified atom stereocenters. The molecular weight excluding hydrogens is 274 g/mol. The van der Waals surface area contributed by atoms with Gasteiger partial charge in [-0.2, -0.15) is 5.26 Å². The molecule has 2 rings (SSSR count). The number of hydrogen-bond donors (Lipinski definition) is 0. The molecule has 0 aliphatic heterocycles. The molecule has 0 bridgehead atoms. The summed E-state index contributed by atoms with van der Waals surface area (Å²) in [4.78, 5) is 16.2. The Morgan fingerprint density at radius 3 is 2.75 bits per heavy atom. The smallest absolute Gasteiger partial charge is 0.255 e. The van der Waals surface area contributed by atoms with Crippen LogP contribution >= 0.6 is 11.6 Å². The zero-order valence-electron chi connectivity index (χ0n) is 11.4. The minimum Gasteiger partial charge on any atom is -0.292 e. The van der Waals surface area contributed by atoms with E-state index in [0.29, 0.717) is 24.4 Å². The summed E-state index contributed by atoms with van der Waals surface area (Å²) in [5.74, 6) is 0.659. The minimum atomic E-state index is -0.161. The van der Waals surface area contributed by atoms with E-state index in [1.807, 2.05) is 26.0 Å². The first-order valence-electron chi connectivity index (χ1n) is 6.31. The van der Waals surface area contributed by atoms with Crippen LogP contribution in [0, 0.1) is 18.3 Å². The van der Waals surface area contributed by atoms with Crippen LogP contribution in [0.3, 0.4) is 0 Å². The van der Waals surface area contributed by atoms with Crippen LogP contribution in [0.15, 0.2) is 29.1 Å². The number of halogens is 1. The first-order valence-corrected chi connectivity index (χ1v) is 6.68. The highest BCUT2D eigenvalue weighted by atomic mass is 35.5. The van der Waals surface area contributed by atoms with Crippen molar-refractivity contribution in [1.82, 2.24) is 9.55 Å². The summed E-state index contributed by atoms with van der Waals surface area (Å²) in [5, 5.41) is 9.09. The van der Waals surface area contributed by atoms with Crippen molar-refractivity contribution in [3.63, 3.8) is 0 Å². The number of aryl methyl sites for hydroxylation is 2. The molecule has 1 aromatic carbocycles. The molecule has 20 heavy (non-hydrogen) atoms. The Bertz CT molecular complexity index is 744. The normalized spacial score (nSPS) is 10.3. The van der Waals surface area contributed by atoms with Gasteiger partial charge in [0.15, 0.2) is 0 Å². The maximum absolute atomic E-state index is 12.0. The zero-order valence-corrected chi connectivity index (χ0v) is 12.1. The first kappa shape index (κ1) is 14.3. The van der Waals surface area contributed by atoms with Gasteiger partial charge >= 0.3 is 0 Å². The van der Waals surface area contributed by atoms with E-state index in [0.717, 1.165) is 11.1 Å². The third-order valence-corrected chi connectivity index (χ3v) is 3.37. The van der Waals surface area contributed by atoms with Gasteiger partial charge in [-0.1, -0.05) is 24.6 Å². The molecule has 0 saturated heterocycles. The number of nitrogens with zero attached hydrogens (tertiary/aromatic N) is 3. The zero-order chi connectivity index (χ0) is 14.7. The van der Waals surface area contributed by atoms with Crippen LogP contribution < -0.4 is 5.56 Å². The highest BCUT2D eigenvalue weighted by molar-refractivity contribution is 6.29. The molecule has 0 N–H and O–H groups in total. The Morgan fingerprint density at radius 1 is 1.40 bits per heavy atom. The molecule has 1 aromatic heterocycles. The summed E-state index contributed by atoms with van der Waals surface area (Å²) in [5.41, 5.74) is 2.42. The topological polar surface area (TPSA) is 58.7 Å². The standard InChI is InChI=1S/C15H14ClN3O/c1-3-14-18-13(16)7-15(20)19(14)9-12-5-4-11(8-17)6-10(12)2/h4-7H,3,9H2,1-2H3. The monoisotopic (exact) mass is 287 g/mol. The molecule has 4 nitrogen and oxygen atoms in total. The first-order chi connectivity index (χ1) is 9.55. The van der Waals surface area contributed by atoms with Crippen LogP contribution in [0.4, 0.5) is 0 Å². The average molecular weight is 288 g/mol. The molecule has 2 aromatic rings. The SMILES string of the molecule is CCc1nc(Cl)cc(=O)n1Cc1ccc(C#N)cc1C. The lowest BCUT2D eigenvalue weighted by Gasteiger charge is -2.12. The van der Waals surface area contributed by atoms with Gasteiger partial charge in [0.1, 0.15) is 11.0 Å². The summed E-state index contributed by atoms with van der Waals surface area (Å²) >= 11 is 5.81. The highest BCUT2D eigenvalue weighted by Gasteiger charge is 2.08. The lowest BCUT2D eigenvalue weighted by Crippen LogP contribution is -2.25. The van der Waals surface area contributed by atoms with E-state index in [2.05, 4.69) is 11.1 Å². The van der Waals surface area contributed by atoms with Crippen LogP contribution in [0.2, 0.25) is 5.15 Å². The number of benzene rings is 1. The summed E-state index contributed by atoms with van der Waals surface area (Å²) in [7, 11) is 0. The molecule has 0 fully saturated rings. The van der Waals surface area contributed by atoms with E-state index in [1.54, 1.807) is 10.6 Å². The Kier molecular flexibility index (Phi) is 4.21. The van der Waals surface area contributed by atoms with Crippen LogP contribution in [0.25, 0.3) is 0 Å². The van der Waals surface area contributed by atoms with Crippen molar-refractivity contribution in [3.05, 3.63) is 62.3 Å². The quantitative estimate of drug-likeness (QED) is 0.816. The fourth-order valence-electron chi connectivity index (χ4n) is 2.08. The third-order valence-electron chi connectivity index (χ3n) is 3.17. The molecule has 0 radical (unpaired) electrons. The van der Waals surface area contributed by atoms with Gasteiger partial charge < -0.3 is 0 Å². The van der Waals surface area contributed by atoms with Gasteiger partial charge in [-0.25, -0.2) is 4.98 Å². The predicted molar refractivity (Wildman–Crippen MR) is 77.9 cm³/mol. The van der Waals surface area contributed by atoms with Crippen molar-refractivity contribution in [2.24, 2.45) is 0 Å². The van der Waals surface area contributed by atoms with Gasteiger partial charge in [-0.05, 0) is 30.2 Å². The van der Waals surface area contributed by atoms with Gasteiger partial charge in [0.2, 0.25) is 0 Å². The number of hydrogen-bond acceptors (Lipinski definition) is 3. The average Bonchev–Trinajstić information content (AvgIpc) is 2.42. The minimum absolute atomic E-state index is 0.161. The molecule has 102 valence electrons. The van der Waals surface area contributed by atoms with Crippen LogP contribution in [-0.4, -0.2) is 9.55 Å². The second-order valence-corrected chi connectivity index (χ2v) is 4.91. The fraction of sp³-hybridized carbons (Fsp3) is 0.267.